The van der Waals surface area contributed by atoms with Gasteiger partial charge in [-0.25, -0.2) is 0 Å². The molecule has 0 saturated heterocycles. The Kier molecular flexibility index (Phi) is 2.55. The second-order valence-electron chi connectivity index (χ2n) is 2.40. The van der Waals surface area contributed by atoms with Crippen LogP contribution in [0.15, 0.2) is 12.2 Å². The third-order valence-electron chi connectivity index (χ3n) is 1.64. The molecule has 0 heterocycles. The first-order valence-corrected chi connectivity index (χ1v) is 3.73. The topological polar surface area (TPSA) is 20.2 Å². The molecule has 1 nitrogen and oxygen atoms in total. The molecular weight excluding hydrogens is 136 g/mol. The molecule has 0 amide bonds. The standard InChI is InChI=1S/C7H11ClO/c8-7(9)6-4-2-1-3-5-6/h2,4,6-7,9H,1,3,5H2. The van der Waals surface area contributed by atoms with E-state index in [0.29, 0.717) is 0 Å². The monoisotopic (exact) mass is 146 g/mol. The van der Waals surface area contributed by atoms with E-state index in [-0.39, 0.29) is 5.92 Å². The second-order valence-corrected chi connectivity index (χ2v) is 2.84. The Morgan fingerprint density at radius 1 is 1.67 bits per heavy atom. The molecule has 0 aromatic rings. The van der Waals surface area contributed by atoms with Crippen molar-refractivity contribution in [3.63, 3.8) is 0 Å². The van der Waals surface area contributed by atoms with Gasteiger partial charge < -0.3 is 5.11 Å². The van der Waals surface area contributed by atoms with Crippen molar-refractivity contribution >= 4 is 11.6 Å². The molecule has 0 aliphatic heterocycles. The summed E-state index contributed by atoms with van der Waals surface area (Å²) in [6, 6.07) is 0. The Hall–Kier alpha value is -0.0100. The lowest BCUT2D eigenvalue weighted by atomic mass is 9.97. The van der Waals surface area contributed by atoms with Crippen LogP contribution in [-0.2, 0) is 0 Å². The molecular formula is C7H11ClO. The summed E-state index contributed by atoms with van der Waals surface area (Å²) in [7, 11) is 0. The highest BCUT2D eigenvalue weighted by Crippen LogP contribution is 2.21. The van der Waals surface area contributed by atoms with Gasteiger partial charge in [-0.05, 0) is 19.3 Å². The molecule has 9 heavy (non-hydrogen) atoms. The van der Waals surface area contributed by atoms with Crippen LogP contribution < -0.4 is 0 Å². The fourth-order valence-electron chi connectivity index (χ4n) is 1.07. The van der Waals surface area contributed by atoms with E-state index in [0.717, 1.165) is 19.3 Å². The number of rotatable bonds is 1. The maximum atomic E-state index is 8.89. The largest absolute Gasteiger partial charge is 0.377 e. The summed E-state index contributed by atoms with van der Waals surface area (Å²) in [6.07, 6.45) is 7.41. The van der Waals surface area contributed by atoms with E-state index in [9.17, 15) is 0 Å². The molecule has 0 saturated carbocycles. The quantitative estimate of drug-likeness (QED) is 0.443. The van der Waals surface area contributed by atoms with Crippen LogP contribution in [0, 0.1) is 5.92 Å². The number of hydrogen-bond acceptors (Lipinski definition) is 1. The van der Waals surface area contributed by atoms with E-state index in [1.54, 1.807) is 0 Å². The summed E-state index contributed by atoms with van der Waals surface area (Å²) in [4.78, 5) is 0. The van der Waals surface area contributed by atoms with Crippen molar-refractivity contribution in [3.8, 4) is 0 Å². The van der Waals surface area contributed by atoms with Gasteiger partial charge in [-0.1, -0.05) is 23.8 Å². The third-order valence-corrected chi connectivity index (χ3v) is 1.97. The van der Waals surface area contributed by atoms with E-state index in [2.05, 4.69) is 6.08 Å². The first kappa shape index (κ1) is 7.10. The maximum Gasteiger partial charge on any atom is 0.134 e. The van der Waals surface area contributed by atoms with Crippen molar-refractivity contribution in [2.75, 3.05) is 0 Å². The molecule has 0 radical (unpaired) electrons. The Labute approximate surface area is 60.3 Å². The Morgan fingerprint density at radius 3 is 2.78 bits per heavy atom. The van der Waals surface area contributed by atoms with Gasteiger partial charge >= 0.3 is 0 Å². The lowest BCUT2D eigenvalue weighted by Gasteiger charge is -2.16. The molecule has 0 aromatic carbocycles. The number of alkyl halides is 1. The zero-order chi connectivity index (χ0) is 6.69. The van der Waals surface area contributed by atoms with Gasteiger partial charge in [0.15, 0.2) is 0 Å². The first-order chi connectivity index (χ1) is 4.30. The van der Waals surface area contributed by atoms with Crippen molar-refractivity contribution in [2.45, 2.75) is 24.8 Å². The average Bonchev–Trinajstić information content (AvgIpc) is 1.90. The minimum absolute atomic E-state index is 0.195. The van der Waals surface area contributed by atoms with Crippen molar-refractivity contribution in [3.05, 3.63) is 12.2 Å². The van der Waals surface area contributed by atoms with E-state index in [1.165, 1.54) is 0 Å². The van der Waals surface area contributed by atoms with Gasteiger partial charge in [-0.3, -0.25) is 0 Å². The molecule has 1 N–H and O–H groups in total. The van der Waals surface area contributed by atoms with Crippen LogP contribution in [0.1, 0.15) is 19.3 Å². The third kappa shape index (κ3) is 1.99. The van der Waals surface area contributed by atoms with Crippen molar-refractivity contribution in [2.24, 2.45) is 5.92 Å². The van der Waals surface area contributed by atoms with Crippen molar-refractivity contribution in [1.82, 2.24) is 0 Å². The Morgan fingerprint density at radius 2 is 2.44 bits per heavy atom. The molecule has 1 aliphatic carbocycles. The highest BCUT2D eigenvalue weighted by Gasteiger charge is 2.14. The van der Waals surface area contributed by atoms with Crippen LogP contribution in [0.25, 0.3) is 0 Å². The molecule has 2 unspecified atom stereocenters. The van der Waals surface area contributed by atoms with Gasteiger partial charge in [0.05, 0.1) is 0 Å². The summed E-state index contributed by atoms with van der Waals surface area (Å²) < 4.78 is 0. The van der Waals surface area contributed by atoms with E-state index < -0.39 is 5.56 Å². The summed E-state index contributed by atoms with van der Waals surface area (Å²) >= 11 is 5.46. The van der Waals surface area contributed by atoms with E-state index in [1.807, 2.05) is 6.08 Å². The van der Waals surface area contributed by atoms with E-state index in [4.69, 9.17) is 16.7 Å². The summed E-state index contributed by atoms with van der Waals surface area (Å²) in [5, 5.41) is 8.89. The predicted octanol–water partition coefficient (Wildman–Crippen LogP) is 1.90. The summed E-state index contributed by atoms with van der Waals surface area (Å²) in [5.41, 5.74) is -0.679. The summed E-state index contributed by atoms with van der Waals surface area (Å²) in [5.74, 6) is 0.195. The zero-order valence-corrected chi connectivity index (χ0v) is 6.01. The van der Waals surface area contributed by atoms with Crippen molar-refractivity contribution < 1.29 is 5.11 Å². The molecule has 2 atom stereocenters. The van der Waals surface area contributed by atoms with Crippen molar-refractivity contribution in [1.29, 1.82) is 0 Å². The lowest BCUT2D eigenvalue weighted by Crippen LogP contribution is -2.13. The Bertz CT molecular complexity index is 109. The zero-order valence-electron chi connectivity index (χ0n) is 5.26. The van der Waals surface area contributed by atoms with Gasteiger partial charge in [-0.2, -0.15) is 0 Å². The van der Waals surface area contributed by atoms with Gasteiger partial charge in [-0.15, -0.1) is 0 Å². The smallest absolute Gasteiger partial charge is 0.134 e. The number of allylic oxidation sites excluding steroid dienone is 1. The highest BCUT2D eigenvalue weighted by molar-refractivity contribution is 6.19. The number of halogens is 1. The number of aliphatic hydroxyl groups is 1. The Balaban J connectivity index is 2.40. The molecule has 1 rings (SSSR count). The molecule has 0 bridgehead atoms. The lowest BCUT2D eigenvalue weighted by molar-refractivity contribution is 0.199. The molecule has 2 heteroatoms. The van der Waals surface area contributed by atoms with Crippen LogP contribution in [0.4, 0.5) is 0 Å². The molecule has 1 aliphatic rings. The first-order valence-electron chi connectivity index (χ1n) is 3.29. The van der Waals surface area contributed by atoms with Crippen LogP contribution in [0.3, 0.4) is 0 Å². The van der Waals surface area contributed by atoms with Crippen LogP contribution in [0.5, 0.6) is 0 Å². The number of hydrogen-bond donors (Lipinski definition) is 1. The van der Waals surface area contributed by atoms with Gasteiger partial charge in [0.25, 0.3) is 0 Å². The molecule has 0 fully saturated rings. The van der Waals surface area contributed by atoms with E-state index >= 15 is 0 Å². The molecule has 0 aromatic heterocycles. The number of aliphatic hydroxyl groups excluding tert-OH is 1. The fourth-order valence-corrected chi connectivity index (χ4v) is 1.28. The SMILES string of the molecule is OC(Cl)C1C=CCCC1. The van der Waals surface area contributed by atoms with Crippen LogP contribution >= 0.6 is 11.6 Å². The van der Waals surface area contributed by atoms with Crippen LogP contribution in [0.2, 0.25) is 0 Å². The molecule has 52 valence electrons. The van der Waals surface area contributed by atoms with Gasteiger partial charge in [0.1, 0.15) is 5.56 Å². The second kappa shape index (κ2) is 3.23. The average molecular weight is 147 g/mol. The predicted molar refractivity (Wildman–Crippen MR) is 38.3 cm³/mol. The summed E-state index contributed by atoms with van der Waals surface area (Å²) in [6.45, 7) is 0. The maximum absolute atomic E-state index is 8.89. The van der Waals surface area contributed by atoms with Gasteiger partial charge in [0.2, 0.25) is 0 Å². The minimum atomic E-state index is -0.679. The molecule has 0 spiro atoms. The normalized spacial score (nSPS) is 30.2. The minimum Gasteiger partial charge on any atom is -0.377 e. The van der Waals surface area contributed by atoms with Crippen LogP contribution in [-0.4, -0.2) is 10.7 Å². The van der Waals surface area contributed by atoms with Gasteiger partial charge in [0, 0.05) is 5.92 Å². The highest BCUT2D eigenvalue weighted by atomic mass is 35.5. The fraction of sp³-hybridized carbons (Fsp3) is 0.714.